The average Bonchev–Trinajstić information content (AvgIpc) is 3.35. The Kier molecular flexibility index (Phi) is 25.3. The number of nitrogens with zero attached hydrogens (tertiary/aromatic N) is 2. The van der Waals surface area contributed by atoms with E-state index in [1.54, 1.807) is 42.5 Å². The number of aldehydes is 1. The number of carbonyl (C=O) groups excluding carboxylic acids is 1. The predicted molar refractivity (Wildman–Crippen MR) is 257 cm³/mol. The number of nitrogen functional groups attached to an aromatic ring is 2. The van der Waals surface area contributed by atoms with Crippen LogP contribution in [0.2, 0.25) is 0 Å². The van der Waals surface area contributed by atoms with E-state index in [4.69, 9.17) is 11.5 Å². The topological polar surface area (TPSA) is 196 Å². The number of carbonyl (C=O) groups is 1. The molecule has 0 heterocycles. The van der Waals surface area contributed by atoms with E-state index in [9.17, 15) is 52.8 Å². The summed E-state index contributed by atoms with van der Waals surface area (Å²) >= 11 is 0. The Bertz CT molecular complexity index is 2810. The number of aliphatic hydroxyl groups is 2. The first-order chi connectivity index (χ1) is 32.2. The fraction of sp³-hybridized carbons (Fsp3) is 0.0577. The van der Waals surface area contributed by atoms with E-state index in [-0.39, 0.29) is 69.8 Å². The second kappa shape index (κ2) is 30.2. The molecule has 8 aromatic carbocycles. The molecule has 0 aliphatic carbocycles. The molecule has 0 aliphatic heterocycles. The molecule has 0 saturated heterocycles. The number of benzene rings is 8. The summed E-state index contributed by atoms with van der Waals surface area (Å²) in [6.07, 6.45) is -0.577. The second-order valence-electron chi connectivity index (χ2n) is 14.1. The van der Waals surface area contributed by atoms with Crippen LogP contribution in [-0.2, 0) is 6.42 Å². The van der Waals surface area contributed by atoms with Gasteiger partial charge in [0, 0.05) is 19.1 Å². The number of halogens is 5. The fourth-order valence-corrected chi connectivity index (χ4v) is 5.85. The summed E-state index contributed by atoms with van der Waals surface area (Å²) in [6.45, 7) is 0. The van der Waals surface area contributed by atoms with E-state index < -0.39 is 50.9 Å². The monoisotopic (exact) mass is 1020 g/mol. The summed E-state index contributed by atoms with van der Waals surface area (Å²) in [6, 6.07) is 55.8. The second-order valence-corrected chi connectivity index (χ2v) is 14.1. The zero-order chi connectivity index (χ0) is 48.7. The van der Waals surface area contributed by atoms with Gasteiger partial charge in [0.1, 0.15) is 30.1 Å². The van der Waals surface area contributed by atoms with Gasteiger partial charge >= 0.3 is 34.4 Å². The molecule has 0 saturated carbocycles. The third-order valence-corrected chi connectivity index (χ3v) is 9.27. The minimum atomic E-state index is -1.01. The van der Waals surface area contributed by atoms with Crippen molar-refractivity contribution in [2.24, 2.45) is 0 Å². The van der Waals surface area contributed by atoms with E-state index in [2.05, 4.69) is 6.07 Å². The van der Waals surface area contributed by atoms with Crippen molar-refractivity contribution in [1.29, 1.82) is 0 Å². The van der Waals surface area contributed by atoms with Crippen LogP contribution < -0.4 is 28.4 Å². The molecule has 0 radical (unpaired) electrons. The van der Waals surface area contributed by atoms with Crippen molar-refractivity contribution in [2.75, 3.05) is 11.5 Å². The first-order valence-electron chi connectivity index (χ1n) is 20.0. The van der Waals surface area contributed by atoms with Crippen molar-refractivity contribution in [3.63, 3.8) is 0 Å². The van der Waals surface area contributed by atoms with Gasteiger partial charge in [0.15, 0.2) is 0 Å². The minimum Gasteiger partial charge on any atom is -1.00 e. The number of nitro benzene ring substituents is 2. The van der Waals surface area contributed by atoms with Gasteiger partial charge in [0.2, 0.25) is 11.6 Å². The smallest absolute Gasteiger partial charge is 1.00 e. The molecule has 2 unspecified atom stereocenters. The molecule has 2 atom stereocenters. The number of rotatable bonds is 9. The quantitative estimate of drug-likeness (QED) is 0.0210. The Morgan fingerprint density at radius 2 is 0.928 bits per heavy atom. The van der Waals surface area contributed by atoms with Crippen LogP contribution in [0, 0.1) is 49.6 Å². The number of anilines is 2. The molecule has 0 amide bonds. The van der Waals surface area contributed by atoms with Crippen molar-refractivity contribution in [3.8, 4) is 0 Å². The van der Waals surface area contributed by atoms with E-state index in [0.717, 1.165) is 41.8 Å². The molecule has 0 spiro atoms. The largest absolute Gasteiger partial charge is 2.00 e. The van der Waals surface area contributed by atoms with Gasteiger partial charge in [0.05, 0.1) is 21.2 Å². The van der Waals surface area contributed by atoms with Gasteiger partial charge in [-0.1, -0.05) is 109 Å². The van der Waals surface area contributed by atoms with Crippen molar-refractivity contribution in [2.45, 2.75) is 18.6 Å². The SMILES string of the molecule is Nc1cc(C(O)c2ccccc2)ccc1F.Nc1cc(Cc2ccccc2)ccc1F.O=Cc1ccc(F)c([N+](=O)[O-])c1.O=[N+]([O-])c1cc(C(O)c2ccccc2)ccc1F.[Br-].[HH].[Mg+2].[c-]1ccccc1. The summed E-state index contributed by atoms with van der Waals surface area (Å²) in [4.78, 5) is 29.2. The number of nitro groups is 2. The third kappa shape index (κ3) is 19.1. The van der Waals surface area contributed by atoms with Gasteiger partial charge in [-0.15, -0.1) is 0 Å². The van der Waals surface area contributed by atoms with Crippen LogP contribution in [0.15, 0.2) is 194 Å². The van der Waals surface area contributed by atoms with Gasteiger partial charge in [0.25, 0.3) is 0 Å². The number of hydrogen-bond acceptors (Lipinski definition) is 9. The van der Waals surface area contributed by atoms with Crippen molar-refractivity contribution in [3.05, 3.63) is 283 Å². The Morgan fingerprint density at radius 1 is 0.522 bits per heavy atom. The number of aliphatic hydroxyl groups excluding tert-OH is 2. The number of nitrogens with two attached hydrogens (primary N) is 2. The molecule has 11 nitrogen and oxygen atoms in total. The van der Waals surface area contributed by atoms with E-state index >= 15 is 0 Å². The maximum Gasteiger partial charge on any atom is 2.00 e. The van der Waals surface area contributed by atoms with Gasteiger partial charge in [-0.2, -0.15) is 45.2 Å². The normalized spacial score (nSPS) is 10.6. The van der Waals surface area contributed by atoms with Crippen LogP contribution in [0.3, 0.4) is 0 Å². The molecule has 0 fully saturated rings. The molecule has 6 N–H and O–H groups in total. The third-order valence-electron chi connectivity index (χ3n) is 9.27. The minimum absolute atomic E-state index is 0. The van der Waals surface area contributed by atoms with Crippen molar-refractivity contribution >= 4 is 52.1 Å². The molecule has 352 valence electrons. The van der Waals surface area contributed by atoms with Crippen molar-refractivity contribution < 1.29 is 60.8 Å². The van der Waals surface area contributed by atoms with Crippen LogP contribution in [0.1, 0.15) is 57.4 Å². The predicted octanol–water partition coefficient (Wildman–Crippen LogP) is 8.21. The molecular formula is C52H45BrF4MgN4O7. The van der Waals surface area contributed by atoms with Gasteiger partial charge < -0.3 is 38.7 Å². The molecular weight excluding hydrogens is 973 g/mol. The molecule has 69 heavy (non-hydrogen) atoms. The van der Waals surface area contributed by atoms with Crippen LogP contribution in [0.4, 0.5) is 40.3 Å². The molecule has 8 rings (SSSR count). The molecule has 0 aromatic heterocycles. The van der Waals surface area contributed by atoms with Crippen LogP contribution in [0.5, 0.6) is 0 Å². The zero-order valence-electron chi connectivity index (χ0n) is 36.5. The van der Waals surface area contributed by atoms with E-state index in [1.165, 1.54) is 42.0 Å². The zero-order valence-corrected chi connectivity index (χ0v) is 39.5. The summed E-state index contributed by atoms with van der Waals surface area (Å²) in [5.41, 5.74) is 14.4. The van der Waals surface area contributed by atoms with Gasteiger partial charge in [-0.05, 0) is 82.3 Å². The maximum absolute atomic E-state index is 13.2. The number of hydrogen-bond donors (Lipinski definition) is 4. The summed E-state index contributed by atoms with van der Waals surface area (Å²) in [5.74, 6) is -2.68. The average molecular weight is 1020 g/mol. The molecule has 0 aliphatic rings. The summed E-state index contributed by atoms with van der Waals surface area (Å²) < 4.78 is 51.6. The van der Waals surface area contributed by atoms with E-state index in [0.29, 0.717) is 17.4 Å². The fourth-order valence-electron chi connectivity index (χ4n) is 5.85. The van der Waals surface area contributed by atoms with Crippen molar-refractivity contribution in [1.82, 2.24) is 0 Å². The summed E-state index contributed by atoms with van der Waals surface area (Å²) in [5, 5.41) is 40.8. The van der Waals surface area contributed by atoms with Gasteiger partial charge in [-0.25, -0.2) is 8.78 Å². The molecule has 8 aromatic rings. The first kappa shape index (κ1) is 57.8. The Morgan fingerprint density at radius 3 is 1.35 bits per heavy atom. The van der Waals surface area contributed by atoms with Crippen LogP contribution in [0.25, 0.3) is 0 Å². The molecule has 0 bridgehead atoms. The first-order valence-corrected chi connectivity index (χ1v) is 20.0. The summed E-state index contributed by atoms with van der Waals surface area (Å²) in [7, 11) is 0. The van der Waals surface area contributed by atoms with E-state index in [1.807, 2.05) is 91.0 Å². The Hall–Kier alpha value is -7.28. The molecule has 17 heteroatoms. The standard InChI is InChI=1S/C13H10FNO3.C13H12FNO.C13H12FN.C7H4FNO3.C6H5.BrH.Mg.H2/c14-11-7-6-10(8-12(11)15(17)18)13(16)9-4-2-1-3-5-9;14-11-7-6-10(8-12(11)15)13(16)9-4-2-1-3-5-9;14-12-7-6-11(9-13(12)15)8-10-4-2-1-3-5-10;8-6-2-1-5(4-10)3-7(6)9(11)12;1-2-4-6-5-3-1;;;/h1-8,13,16H;1-8,13,16H,15H2;1-7,9H,8,15H2;1-4H;1-5H;1H;;1H/q;;;;-1;;+2;/p-1. The Balaban J connectivity index is 0.000000445. The van der Waals surface area contributed by atoms with Gasteiger partial charge in [-0.3, -0.25) is 25.0 Å². The van der Waals surface area contributed by atoms with Crippen LogP contribution >= 0.6 is 0 Å². The maximum atomic E-state index is 13.2. The Labute approximate surface area is 423 Å². The van der Waals surface area contributed by atoms with Crippen LogP contribution in [-0.4, -0.2) is 49.4 Å².